The van der Waals surface area contributed by atoms with Crippen LogP contribution in [0.5, 0.6) is 0 Å². The Kier molecular flexibility index (Phi) is 4.46. The van der Waals surface area contributed by atoms with E-state index in [1.54, 1.807) is 0 Å². The summed E-state index contributed by atoms with van der Waals surface area (Å²) in [6, 6.07) is 14.4. The van der Waals surface area contributed by atoms with Crippen molar-refractivity contribution in [2.24, 2.45) is 0 Å². The molecule has 1 aliphatic heterocycles. The zero-order valence-electron chi connectivity index (χ0n) is 14.2. The highest BCUT2D eigenvalue weighted by Crippen LogP contribution is 2.16. The van der Waals surface area contributed by atoms with Crippen molar-refractivity contribution in [1.29, 1.82) is 0 Å². The summed E-state index contributed by atoms with van der Waals surface area (Å²) in [5.74, 6) is 1.93. The van der Waals surface area contributed by atoms with Crippen LogP contribution in [-0.4, -0.2) is 20.7 Å². The Balaban J connectivity index is 1.39. The van der Waals surface area contributed by atoms with Crippen LogP contribution in [0.2, 0.25) is 0 Å². The summed E-state index contributed by atoms with van der Waals surface area (Å²) in [6.07, 6.45) is 4.93. The summed E-state index contributed by atoms with van der Waals surface area (Å²) >= 11 is 0. The molecule has 25 heavy (non-hydrogen) atoms. The molecule has 0 atom stereocenters. The SMILES string of the molecule is O=C(Cc1ccc2ccccc2c1)NCc1nnc2n1CCCCC2. The van der Waals surface area contributed by atoms with Crippen molar-refractivity contribution in [3.63, 3.8) is 0 Å². The van der Waals surface area contributed by atoms with Gasteiger partial charge in [-0.25, -0.2) is 0 Å². The molecule has 1 amide bonds. The Labute approximate surface area is 147 Å². The first kappa shape index (κ1) is 15.8. The highest BCUT2D eigenvalue weighted by molar-refractivity contribution is 5.85. The van der Waals surface area contributed by atoms with E-state index >= 15 is 0 Å². The summed E-state index contributed by atoms with van der Waals surface area (Å²) in [5.41, 5.74) is 1.02. The topological polar surface area (TPSA) is 59.8 Å². The van der Waals surface area contributed by atoms with Crippen molar-refractivity contribution in [3.8, 4) is 0 Å². The largest absolute Gasteiger partial charge is 0.349 e. The van der Waals surface area contributed by atoms with E-state index in [9.17, 15) is 4.79 Å². The summed E-state index contributed by atoms with van der Waals surface area (Å²) in [7, 11) is 0. The van der Waals surface area contributed by atoms with Gasteiger partial charge < -0.3 is 9.88 Å². The molecule has 5 heteroatoms. The van der Waals surface area contributed by atoms with Crippen LogP contribution in [0, 0.1) is 0 Å². The van der Waals surface area contributed by atoms with Crippen LogP contribution in [-0.2, 0) is 30.7 Å². The van der Waals surface area contributed by atoms with E-state index in [0.29, 0.717) is 13.0 Å². The van der Waals surface area contributed by atoms with Gasteiger partial charge in [-0.05, 0) is 29.2 Å². The third-order valence-corrected chi connectivity index (χ3v) is 4.81. The van der Waals surface area contributed by atoms with E-state index in [2.05, 4.69) is 44.3 Å². The second kappa shape index (κ2) is 7.05. The Morgan fingerprint density at radius 1 is 1.04 bits per heavy atom. The van der Waals surface area contributed by atoms with Gasteiger partial charge in [0.05, 0.1) is 13.0 Å². The highest BCUT2D eigenvalue weighted by atomic mass is 16.1. The molecule has 2 heterocycles. The van der Waals surface area contributed by atoms with E-state index in [4.69, 9.17) is 0 Å². The van der Waals surface area contributed by atoms with Crippen molar-refractivity contribution >= 4 is 16.7 Å². The number of aryl methyl sites for hydroxylation is 1. The van der Waals surface area contributed by atoms with Gasteiger partial charge in [0.1, 0.15) is 5.82 Å². The van der Waals surface area contributed by atoms with Crippen LogP contribution in [0.25, 0.3) is 10.8 Å². The first-order valence-corrected chi connectivity index (χ1v) is 8.95. The number of carbonyl (C=O) groups is 1. The standard InChI is InChI=1S/C20H22N4O/c25-20(13-15-9-10-16-6-3-4-7-17(16)12-15)21-14-19-23-22-18-8-2-1-5-11-24(18)19/h3-4,6-7,9-10,12H,1-2,5,8,11,13-14H2,(H,21,25). The van der Waals surface area contributed by atoms with Gasteiger partial charge >= 0.3 is 0 Å². The van der Waals surface area contributed by atoms with Crippen molar-refractivity contribution in [3.05, 3.63) is 59.7 Å². The van der Waals surface area contributed by atoms with Crippen molar-refractivity contribution in [2.75, 3.05) is 0 Å². The van der Waals surface area contributed by atoms with E-state index < -0.39 is 0 Å². The molecule has 0 saturated carbocycles. The van der Waals surface area contributed by atoms with Gasteiger partial charge in [-0.2, -0.15) is 0 Å². The van der Waals surface area contributed by atoms with Crippen LogP contribution >= 0.6 is 0 Å². The molecular formula is C20H22N4O. The zero-order chi connectivity index (χ0) is 17.1. The summed E-state index contributed by atoms with van der Waals surface area (Å²) in [6.45, 7) is 1.40. The molecule has 2 aromatic carbocycles. The lowest BCUT2D eigenvalue weighted by Gasteiger charge is -2.09. The van der Waals surface area contributed by atoms with Crippen molar-refractivity contribution < 1.29 is 4.79 Å². The molecule has 0 radical (unpaired) electrons. The Bertz CT molecular complexity index is 900. The molecule has 4 rings (SSSR count). The second-order valence-electron chi connectivity index (χ2n) is 6.63. The third-order valence-electron chi connectivity index (χ3n) is 4.81. The number of carbonyl (C=O) groups excluding carboxylic acids is 1. The third kappa shape index (κ3) is 3.55. The number of fused-ring (bicyclic) bond motifs is 2. The molecule has 5 nitrogen and oxygen atoms in total. The zero-order valence-corrected chi connectivity index (χ0v) is 14.2. The molecule has 1 aliphatic rings. The maximum Gasteiger partial charge on any atom is 0.224 e. The van der Waals surface area contributed by atoms with Crippen LogP contribution in [0.1, 0.15) is 36.5 Å². The summed E-state index contributed by atoms with van der Waals surface area (Å²) < 4.78 is 2.17. The average Bonchev–Trinajstić information content (AvgIpc) is 2.86. The minimum absolute atomic E-state index is 0.0150. The lowest BCUT2D eigenvalue weighted by Crippen LogP contribution is -2.26. The van der Waals surface area contributed by atoms with E-state index in [-0.39, 0.29) is 5.91 Å². The molecule has 1 N–H and O–H groups in total. The molecule has 128 valence electrons. The minimum atomic E-state index is 0.0150. The van der Waals surface area contributed by atoms with E-state index in [0.717, 1.165) is 42.0 Å². The molecule has 0 aliphatic carbocycles. The Morgan fingerprint density at radius 3 is 2.84 bits per heavy atom. The maximum atomic E-state index is 12.3. The lowest BCUT2D eigenvalue weighted by molar-refractivity contribution is -0.120. The summed E-state index contributed by atoms with van der Waals surface area (Å²) in [5, 5.41) is 13.9. The Morgan fingerprint density at radius 2 is 1.92 bits per heavy atom. The molecule has 0 bridgehead atoms. The van der Waals surface area contributed by atoms with Gasteiger partial charge in [0.2, 0.25) is 5.91 Å². The number of rotatable bonds is 4. The molecular weight excluding hydrogens is 312 g/mol. The van der Waals surface area contributed by atoms with Gasteiger partial charge in [-0.1, -0.05) is 48.9 Å². The minimum Gasteiger partial charge on any atom is -0.349 e. The van der Waals surface area contributed by atoms with E-state index in [1.807, 2.05) is 18.2 Å². The molecule has 3 aromatic rings. The quantitative estimate of drug-likeness (QED) is 0.798. The van der Waals surface area contributed by atoms with Crippen LogP contribution < -0.4 is 5.32 Å². The average molecular weight is 334 g/mol. The van der Waals surface area contributed by atoms with Crippen LogP contribution in [0.15, 0.2) is 42.5 Å². The number of aromatic nitrogens is 3. The summed E-state index contributed by atoms with van der Waals surface area (Å²) in [4.78, 5) is 12.3. The van der Waals surface area contributed by atoms with Gasteiger partial charge in [0.25, 0.3) is 0 Å². The fourth-order valence-electron chi connectivity index (χ4n) is 3.45. The number of hydrogen-bond acceptors (Lipinski definition) is 3. The maximum absolute atomic E-state index is 12.3. The molecule has 0 fully saturated rings. The highest BCUT2D eigenvalue weighted by Gasteiger charge is 2.15. The van der Waals surface area contributed by atoms with Gasteiger partial charge in [0, 0.05) is 13.0 Å². The smallest absolute Gasteiger partial charge is 0.224 e. The predicted molar refractivity (Wildman–Crippen MR) is 97.1 cm³/mol. The number of hydrogen-bond donors (Lipinski definition) is 1. The first-order chi connectivity index (χ1) is 12.3. The number of nitrogens with one attached hydrogen (secondary N) is 1. The Hall–Kier alpha value is -2.69. The molecule has 0 saturated heterocycles. The molecule has 0 spiro atoms. The number of amides is 1. The molecule has 0 unspecified atom stereocenters. The van der Waals surface area contributed by atoms with Crippen molar-refractivity contribution in [1.82, 2.24) is 20.1 Å². The fraction of sp³-hybridized carbons (Fsp3) is 0.350. The second-order valence-corrected chi connectivity index (χ2v) is 6.63. The lowest BCUT2D eigenvalue weighted by atomic mass is 10.1. The first-order valence-electron chi connectivity index (χ1n) is 8.95. The predicted octanol–water partition coefficient (Wildman–Crippen LogP) is 3.02. The number of benzene rings is 2. The number of nitrogens with zero attached hydrogens (tertiary/aromatic N) is 3. The molecule has 1 aromatic heterocycles. The van der Waals surface area contributed by atoms with Gasteiger partial charge in [-0.15, -0.1) is 10.2 Å². The van der Waals surface area contributed by atoms with Gasteiger partial charge in [-0.3, -0.25) is 4.79 Å². The van der Waals surface area contributed by atoms with Gasteiger partial charge in [0.15, 0.2) is 5.82 Å². The normalized spacial score (nSPS) is 14.1. The monoisotopic (exact) mass is 334 g/mol. The van der Waals surface area contributed by atoms with Crippen molar-refractivity contribution in [2.45, 2.75) is 45.2 Å². The van der Waals surface area contributed by atoms with E-state index in [1.165, 1.54) is 18.2 Å². The fourth-order valence-corrected chi connectivity index (χ4v) is 3.45. The van der Waals surface area contributed by atoms with Crippen LogP contribution in [0.4, 0.5) is 0 Å². The van der Waals surface area contributed by atoms with Crippen LogP contribution in [0.3, 0.4) is 0 Å².